The van der Waals surface area contributed by atoms with Crippen LogP contribution in [0.4, 0.5) is 0 Å². The molecule has 0 bridgehead atoms. The van der Waals surface area contributed by atoms with Crippen molar-refractivity contribution in [3.63, 3.8) is 0 Å². The summed E-state index contributed by atoms with van der Waals surface area (Å²) >= 11 is 0. The minimum atomic E-state index is -0.563. The van der Waals surface area contributed by atoms with Gasteiger partial charge in [0, 0.05) is 0 Å². The van der Waals surface area contributed by atoms with Crippen molar-refractivity contribution >= 4 is 5.97 Å². The third kappa shape index (κ3) is 5.11. The maximum atomic E-state index is 11.2. The second kappa shape index (κ2) is 6.05. The third-order valence-corrected chi connectivity index (χ3v) is 1.77. The summed E-state index contributed by atoms with van der Waals surface area (Å²) < 4.78 is 4.61. The molecule has 0 aromatic rings. The Hall–Kier alpha value is -0.650. The SMILES string of the molecule is COC(=O)CC(C)(C)N(OC)OC(C)C. The van der Waals surface area contributed by atoms with Crippen molar-refractivity contribution in [3.05, 3.63) is 0 Å². The molecule has 0 radical (unpaired) electrons. The Balaban J connectivity index is 4.43. The molecule has 0 unspecified atom stereocenters. The summed E-state index contributed by atoms with van der Waals surface area (Å²) in [6.45, 7) is 7.46. The predicted octanol–water partition coefficient (Wildman–Crippen LogP) is 1.53. The van der Waals surface area contributed by atoms with Crippen LogP contribution in [0.2, 0.25) is 0 Å². The van der Waals surface area contributed by atoms with E-state index in [1.165, 1.54) is 19.4 Å². The highest BCUT2D eigenvalue weighted by Gasteiger charge is 2.32. The van der Waals surface area contributed by atoms with E-state index in [1.807, 2.05) is 27.7 Å². The first-order valence-corrected chi connectivity index (χ1v) is 4.91. The van der Waals surface area contributed by atoms with Crippen LogP contribution in [0, 0.1) is 0 Å². The van der Waals surface area contributed by atoms with Gasteiger partial charge in [-0.05, 0) is 27.7 Å². The summed E-state index contributed by atoms with van der Waals surface area (Å²) in [5, 5.41) is 1.33. The molecule has 0 aliphatic heterocycles. The molecule has 0 atom stereocenters. The van der Waals surface area contributed by atoms with Crippen LogP contribution in [0.15, 0.2) is 0 Å². The Kier molecular flexibility index (Phi) is 5.79. The van der Waals surface area contributed by atoms with Gasteiger partial charge in [-0.25, -0.2) is 0 Å². The maximum Gasteiger partial charge on any atom is 0.307 e. The number of esters is 1. The number of hydroxylamine groups is 2. The van der Waals surface area contributed by atoms with Gasteiger partial charge < -0.3 is 4.74 Å². The standard InChI is InChI=1S/C10H21NO4/c1-8(2)15-11(14-6)10(3,4)7-9(12)13-5/h8H,7H2,1-6H3. The molecule has 90 valence electrons. The Labute approximate surface area is 91.2 Å². The lowest BCUT2D eigenvalue weighted by atomic mass is 10.0. The van der Waals surface area contributed by atoms with Gasteiger partial charge in [0.2, 0.25) is 0 Å². The van der Waals surface area contributed by atoms with Crippen LogP contribution in [0.5, 0.6) is 0 Å². The second-order valence-electron chi connectivity index (χ2n) is 4.16. The number of rotatable bonds is 6. The molecule has 0 N–H and O–H groups in total. The average Bonchev–Trinajstić information content (AvgIpc) is 2.12. The van der Waals surface area contributed by atoms with Gasteiger partial charge in [0.05, 0.1) is 32.3 Å². The summed E-state index contributed by atoms with van der Waals surface area (Å²) in [6.07, 6.45) is 0.186. The average molecular weight is 219 g/mol. The van der Waals surface area contributed by atoms with Crippen LogP contribution in [-0.4, -0.2) is 37.1 Å². The van der Waals surface area contributed by atoms with Crippen LogP contribution >= 0.6 is 0 Å². The van der Waals surface area contributed by atoms with Gasteiger partial charge in [0.25, 0.3) is 0 Å². The second-order valence-corrected chi connectivity index (χ2v) is 4.16. The molecule has 0 aliphatic rings. The minimum Gasteiger partial charge on any atom is -0.469 e. The van der Waals surface area contributed by atoms with E-state index in [-0.39, 0.29) is 18.5 Å². The molecule has 0 amide bonds. The highest BCUT2D eigenvalue weighted by atomic mass is 17.0. The molecule has 0 heterocycles. The van der Waals surface area contributed by atoms with Crippen molar-refractivity contribution in [2.24, 2.45) is 0 Å². The molecular weight excluding hydrogens is 198 g/mol. The van der Waals surface area contributed by atoms with E-state index in [0.717, 1.165) is 0 Å². The predicted molar refractivity (Wildman–Crippen MR) is 55.8 cm³/mol. The molecule has 0 aliphatic carbocycles. The number of hydrogen-bond donors (Lipinski definition) is 0. The number of methoxy groups -OCH3 is 1. The van der Waals surface area contributed by atoms with Gasteiger partial charge >= 0.3 is 5.97 Å². The summed E-state index contributed by atoms with van der Waals surface area (Å²) in [5.41, 5.74) is -0.563. The van der Waals surface area contributed by atoms with Crippen LogP contribution in [0.3, 0.4) is 0 Å². The van der Waals surface area contributed by atoms with Gasteiger partial charge in [0.15, 0.2) is 0 Å². The smallest absolute Gasteiger partial charge is 0.307 e. The van der Waals surface area contributed by atoms with E-state index in [2.05, 4.69) is 4.74 Å². The third-order valence-electron chi connectivity index (χ3n) is 1.77. The first kappa shape index (κ1) is 14.3. The molecule has 0 aromatic carbocycles. The molecular formula is C10H21NO4. The zero-order chi connectivity index (χ0) is 12.1. The fourth-order valence-electron chi connectivity index (χ4n) is 1.11. The Morgan fingerprint density at radius 1 is 1.33 bits per heavy atom. The monoisotopic (exact) mass is 219 g/mol. The van der Waals surface area contributed by atoms with Gasteiger partial charge in [-0.15, -0.1) is 0 Å². The first-order valence-electron chi connectivity index (χ1n) is 4.91. The topological polar surface area (TPSA) is 48.0 Å². The largest absolute Gasteiger partial charge is 0.469 e. The normalized spacial score (nSPS) is 12.3. The minimum absolute atomic E-state index is 0.0122. The van der Waals surface area contributed by atoms with Gasteiger partial charge in [-0.3, -0.25) is 14.5 Å². The Bertz CT molecular complexity index is 204. The highest BCUT2D eigenvalue weighted by Crippen LogP contribution is 2.20. The van der Waals surface area contributed by atoms with Crippen molar-refractivity contribution in [3.8, 4) is 0 Å². The van der Waals surface area contributed by atoms with E-state index < -0.39 is 5.54 Å². The molecule has 0 saturated carbocycles. The van der Waals surface area contributed by atoms with Crippen LogP contribution in [-0.2, 0) is 19.2 Å². The molecule has 0 spiro atoms. The lowest BCUT2D eigenvalue weighted by Crippen LogP contribution is -2.46. The quantitative estimate of drug-likeness (QED) is 0.501. The van der Waals surface area contributed by atoms with Crippen molar-refractivity contribution in [2.45, 2.75) is 45.8 Å². The Morgan fingerprint density at radius 3 is 2.20 bits per heavy atom. The fourth-order valence-corrected chi connectivity index (χ4v) is 1.11. The lowest BCUT2D eigenvalue weighted by molar-refractivity contribution is -0.409. The molecule has 5 heteroatoms. The molecule has 15 heavy (non-hydrogen) atoms. The molecule has 0 rings (SSSR count). The summed E-state index contributed by atoms with van der Waals surface area (Å²) in [5.74, 6) is -0.297. The first-order chi connectivity index (χ1) is 6.83. The van der Waals surface area contributed by atoms with Gasteiger partial charge in [-0.1, -0.05) is 5.23 Å². The Morgan fingerprint density at radius 2 is 1.87 bits per heavy atom. The van der Waals surface area contributed by atoms with E-state index in [4.69, 9.17) is 9.68 Å². The van der Waals surface area contributed by atoms with Crippen LogP contribution in [0.1, 0.15) is 34.1 Å². The van der Waals surface area contributed by atoms with Gasteiger partial charge in [-0.2, -0.15) is 0 Å². The molecule has 0 saturated heterocycles. The maximum absolute atomic E-state index is 11.2. The zero-order valence-electron chi connectivity index (χ0n) is 10.4. The van der Waals surface area contributed by atoms with Crippen molar-refractivity contribution in [1.29, 1.82) is 0 Å². The van der Waals surface area contributed by atoms with Crippen LogP contribution < -0.4 is 0 Å². The molecule has 0 fully saturated rings. The van der Waals surface area contributed by atoms with E-state index in [0.29, 0.717) is 0 Å². The highest BCUT2D eigenvalue weighted by molar-refractivity contribution is 5.70. The summed E-state index contributed by atoms with van der Waals surface area (Å²) in [7, 11) is 2.86. The number of nitrogens with zero attached hydrogens (tertiary/aromatic N) is 1. The molecule has 0 aromatic heterocycles. The summed E-state index contributed by atoms with van der Waals surface area (Å²) in [4.78, 5) is 21.7. The summed E-state index contributed by atoms with van der Waals surface area (Å²) in [6, 6.07) is 0. The zero-order valence-corrected chi connectivity index (χ0v) is 10.4. The van der Waals surface area contributed by atoms with Crippen molar-refractivity contribution in [2.75, 3.05) is 14.2 Å². The van der Waals surface area contributed by atoms with Crippen LogP contribution in [0.25, 0.3) is 0 Å². The van der Waals surface area contributed by atoms with Gasteiger partial charge in [0.1, 0.15) is 0 Å². The van der Waals surface area contributed by atoms with E-state index >= 15 is 0 Å². The number of carbonyl (C=O) groups is 1. The van der Waals surface area contributed by atoms with Crippen molar-refractivity contribution in [1.82, 2.24) is 5.23 Å². The lowest BCUT2D eigenvalue weighted by Gasteiger charge is -2.35. The fraction of sp³-hybridized carbons (Fsp3) is 0.900. The van der Waals surface area contributed by atoms with Crippen molar-refractivity contribution < 1.29 is 19.2 Å². The number of ether oxygens (including phenoxy) is 1. The van der Waals surface area contributed by atoms with E-state index in [1.54, 1.807) is 0 Å². The van der Waals surface area contributed by atoms with E-state index in [9.17, 15) is 4.79 Å². The molecule has 5 nitrogen and oxygen atoms in total. The number of carbonyl (C=O) groups excluding carboxylic acids is 1. The number of hydrogen-bond acceptors (Lipinski definition) is 5.